The molecule has 0 saturated carbocycles. The quantitative estimate of drug-likeness (QED) is 0.527. The van der Waals surface area contributed by atoms with E-state index in [1.54, 1.807) is 32.3 Å². The Morgan fingerprint density at radius 1 is 1.19 bits per heavy atom. The number of hydrogen-bond donors (Lipinski definition) is 0. The van der Waals surface area contributed by atoms with E-state index in [-0.39, 0.29) is 11.5 Å². The van der Waals surface area contributed by atoms with Crippen LogP contribution in [0.5, 0.6) is 11.5 Å². The number of carbonyl (C=O) groups excluding carboxylic acids is 1. The third kappa shape index (κ3) is 5.50. The molecule has 0 spiro atoms. The van der Waals surface area contributed by atoms with Gasteiger partial charge in [-0.05, 0) is 36.8 Å². The number of hydrogen-bond acceptors (Lipinski definition) is 4. The van der Waals surface area contributed by atoms with Crippen molar-refractivity contribution >= 4 is 23.6 Å². The Morgan fingerprint density at radius 2 is 1.93 bits per heavy atom. The first kappa shape index (κ1) is 20.3. The molecule has 0 aromatic heterocycles. The van der Waals surface area contributed by atoms with Crippen LogP contribution in [0.25, 0.3) is 6.08 Å². The Labute approximate surface area is 164 Å². The first-order valence-electron chi connectivity index (χ1n) is 8.42. The van der Waals surface area contributed by atoms with Crippen molar-refractivity contribution in [3.63, 3.8) is 0 Å². The van der Waals surface area contributed by atoms with Gasteiger partial charge in [0.05, 0.1) is 6.61 Å². The lowest BCUT2D eigenvalue weighted by molar-refractivity contribution is -0.124. The lowest BCUT2D eigenvalue weighted by Gasteiger charge is -2.14. The lowest BCUT2D eigenvalue weighted by Crippen LogP contribution is -2.22. The molecule has 0 aliphatic carbocycles. The van der Waals surface area contributed by atoms with Crippen molar-refractivity contribution in [2.45, 2.75) is 13.5 Å². The van der Waals surface area contributed by atoms with Gasteiger partial charge in [-0.25, -0.2) is 0 Å². The second kappa shape index (κ2) is 9.65. The average molecular weight is 385 g/mol. The van der Waals surface area contributed by atoms with Crippen molar-refractivity contribution < 1.29 is 14.3 Å². The molecule has 140 valence electrons. The summed E-state index contributed by atoms with van der Waals surface area (Å²) in [6.07, 6.45) is 1.53. The largest absolute Gasteiger partial charge is 0.490 e. The predicted octanol–water partition coefficient (Wildman–Crippen LogP) is 4.31. The number of ether oxygens (including phenoxy) is 2. The SMILES string of the molecule is CCOc1cc(/C=C(/C#N)C(=O)N(C)C)ccc1OCc1ccccc1Cl. The highest BCUT2D eigenvalue weighted by Gasteiger charge is 2.13. The molecule has 0 aliphatic rings. The second-order valence-corrected chi connectivity index (χ2v) is 6.30. The average Bonchev–Trinajstić information content (AvgIpc) is 2.66. The normalized spacial score (nSPS) is 10.9. The van der Waals surface area contributed by atoms with Gasteiger partial charge in [0.1, 0.15) is 18.2 Å². The Kier molecular flexibility index (Phi) is 7.27. The fourth-order valence-electron chi connectivity index (χ4n) is 2.32. The monoisotopic (exact) mass is 384 g/mol. The molecule has 0 atom stereocenters. The minimum atomic E-state index is -0.352. The highest BCUT2D eigenvalue weighted by Crippen LogP contribution is 2.31. The number of rotatable bonds is 7. The van der Waals surface area contributed by atoms with Gasteiger partial charge >= 0.3 is 0 Å². The molecule has 27 heavy (non-hydrogen) atoms. The Hall–Kier alpha value is -2.97. The van der Waals surface area contributed by atoms with Gasteiger partial charge < -0.3 is 14.4 Å². The molecule has 0 unspecified atom stereocenters. The van der Waals surface area contributed by atoms with E-state index < -0.39 is 0 Å². The van der Waals surface area contributed by atoms with Crippen LogP contribution < -0.4 is 9.47 Å². The van der Waals surface area contributed by atoms with Gasteiger partial charge in [0.15, 0.2) is 11.5 Å². The van der Waals surface area contributed by atoms with E-state index in [4.69, 9.17) is 21.1 Å². The molecule has 5 nitrogen and oxygen atoms in total. The van der Waals surface area contributed by atoms with Crippen LogP contribution >= 0.6 is 11.6 Å². The summed E-state index contributed by atoms with van der Waals surface area (Å²) in [6.45, 7) is 2.63. The number of halogens is 1. The van der Waals surface area contributed by atoms with E-state index >= 15 is 0 Å². The highest BCUT2D eigenvalue weighted by molar-refractivity contribution is 6.31. The summed E-state index contributed by atoms with van der Waals surface area (Å²) in [7, 11) is 3.20. The van der Waals surface area contributed by atoms with E-state index in [2.05, 4.69) is 0 Å². The number of amides is 1. The smallest absolute Gasteiger partial charge is 0.264 e. The fourth-order valence-corrected chi connectivity index (χ4v) is 2.51. The van der Waals surface area contributed by atoms with Gasteiger partial charge in [0.2, 0.25) is 0 Å². The van der Waals surface area contributed by atoms with Crippen molar-refractivity contribution in [3.8, 4) is 17.6 Å². The molecule has 0 bridgehead atoms. The number of likely N-dealkylation sites (N-methyl/N-ethyl adjacent to an activating group) is 1. The first-order valence-corrected chi connectivity index (χ1v) is 8.80. The van der Waals surface area contributed by atoms with Crippen molar-refractivity contribution in [3.05, 3.63) is 64.2 Å². The van der Waals surface area contributed by atoms with Crippen LogP contribution in [0.4, 0.5) is 0 Å². The Morgan fingerprint density at radius 3 is 2.56 bits per heavy atom. The van der Waals surface area contributed by atoms with Crippen LogP contribution in [-0.2, 0) is 11.4 Å². The highest BCUT2D eigenvalue weighted by atomic mass is 35.5. The van der Waals surface area contributed by atoms with E-state index in [0.29, 0.717) is 35.3 Å². The summed E-state index contributed by atoms with van der Waals surface area (Å²) in [6, 6.07) is 14.7. The zero-order valence-corrected chi connectivity index (χ0v) is 16.3. The molecule has 0 heterocycles. The second-order valence-electron chi connectivity index (χ2n) is 5.89. The van der Waals surface area contributed by atoms with Crippen molar-refractivity contribution in [1.82, 2.24) is 4.90 Å². The van der Waals surface area contributed by atoms with Gasteiger partial charge in [-0.3, -0.25) is 4.79 Å². The molecule has 6 heteroatoms. The Balaban J connectivity index is 2.27. The third-order valence-corrected chi connectivity index (χ3v) is 4.05. The van der Waals surface area contributed by atoms with E-state index in [1.165, 1.54) is 11.0 Å². The standard InChI is InChI=1S/C21H21ClN2O3/c1-4-26-20-12-15(11-17(13-23)21(25)24(2)3)9-10-19(20)27-14-16-7-5-6-8-18(16)22/h5-12H,4,14H2,1-3H3/b17-11-. The summed E-state index contributed by atoms with van der Waals surface area (Å²) >= 11 is 6.16. The van der Waals surface area contributed by atoms with Crippen LogP contribution in [0.3, 0.4) is 0 Å². The zero-order valence-electron chi connectivity index (χ0n) is 15.5. The van der Waals surface area contributed by atoms with Gasteiger partial charge in [0, 0.05) is 24.7 Å². The van der Waals surface area contributed by atoms with Gasteiger partial charge in [-0.15, -0.1) is 0 Å². The minimum absolute atomic E-state index is 0.0483. The minimum Gasteiger partial charge on any atom is -0.490 e. The molecule has 2 rings (SSSR count). The summed E-state index contributed by atoms with van der Waals surface area (Å²) < 4.78 is 11.5. The molecule has 0 radical (unpaired) electrons. The summed E-state index contributed by atoms with van der Waals surface area (Å²) in [4.78, 5) is 13.4. The van der Waals surface area contributed by atoms with Crippen LogP contribution in [0.1, 0.15) is 18.1 Å². The molecular weight excluding hydrogens is 364 g/mol. The molecule has 2 aromatic carbocycles. The molecule has 0 saturated heterocycles. The van der Waals surface area contributed by atoms with Gasteiger partial charge in [-0.1, -0.05) is 35.9 Å². The van der Waals surface area contributed by atoms with Crippen LogP contribution in [-0.4, -0.2) is 31.5 Å². The van der Waals surface area contributed by atoms with Crippen molar-refractivity contribution in [2.75, 3.05) is 20.7 Å². The maximum atomic E-state index is 12.0. The number of benzene rings is 2. The topological polar surface area (TPSA) is 62.6 Å². The molecule has 0 N–H and O–H groups in total. The predicted molar refractivity (Wildman–Crippen MR) is 106 cm³/mol. The maximum absolute atomic E-state index is 12.0. The molecular formula is C21H21ClN2O3. The van der Waals surface area contributed by atoms with E-state index in [0.717, 1.165) is 5.56 Å². The first-order chi connectivity index (χ1) is 13.0. The molecule has 0 aliphatic heterocycles. The number of carbonyl (C=O) groups is 1. The maximum Gasteiger partial charge on any atom is 0.264 e. The van der Waals surface area contributed by atoms with Crippen LogP contribution in [0.15, 0.2) is 48.0 Å². The third-order valence-electron chi connectivity index (χ3n) is 3.68. The number of nitriles is 1. The molecule has 0 fully saturated rings. The molecule has 1 amide bonds. The van der Waals surface area contributed by atoms with Crippen molar-refractivity contribution in [1.29, 1.82) is 5.26 Å². The van der Waals surface area contributed by atoms with Gasteiger partial charge in [-0.2, -0.15) is 5.26 Å². The molecule has 2 aromatic rings. The fraction of sp³-hybridized carbons (Fsp3) is 0.238. The number of nitrogens with zero attached hydrogens (tertiary/aromatic N) is 2. The van der Waals surface area contributed by atoms with E-state index in [1.807, 2.05) is 37.3 Å². The lowest BCUT2D eigenvalue weighted by atomic mass is 10.1. The summed E-state index contributed by atoms with van der Waals surface area (Å²) in [5.41, 5.74) is 1.59. The van der Waals surface area contributed by atoms with Crippen LogP contribution in [0.2, 0.25) is 5.02 Å². The van der Waals surface area contributed by atoms with Crippen molar-refractivity contribution in [2.24, 2.45) is 0 Å². The summed E-state index contributed by atoms with van der Waals surface area (Å²) in [5.74, 6) is 0.744. The van der Waals surface area contributed by atoms with E-state index in [9.17, 15) is 10.1 Å². The van der Waals surface area contributed by atoms with Crippen LogP contribution in [0, 0.1) is 11.3 Å². The van der Waals surface area contributed by atoms with Gasteiger partial charge in [0.25, 0.3) is 5.91 Å². The Bertz CT molecular complexity index is 885. The zero-order chi connectivity index (χ0) is 19.8. The summed E-state index contributed by atoms with van der Waals surface area (Å²) in [5, 5.41) is 9.87.